The number of H-pyrrole nitrogens is 1. The molecule has 0 unspecified atom stereocenters. The Balaban J connectivity index is 0.000000151. The molecule has 9 nitrogen and oxygen atoms in total. The van der Waals surface area contributed by atoms with Gasteiger partial charge in [-0.2, -0.15) is 0 Å². The lowest BCUT2D eigenvalue weighted by atomic mass is 10.4. The first kappa shape index (κ1) is 18.7. The van der Waals surface area contributed by atoms with Gasteiger partial charge in [0, 0.05) is 14.1 Å². The van der Waals surface area contributed by atoms with Crippen molar-refractivity contribution in [2.45, 2.75) is 10.1 Å². The van der Waals surface area contributed by atoms with Crippen LogP contribution in [0, 0.1) is 0 Å². The van der Waals surface area contributed by atoms with Gasteiger partial charge < -0.3 is 14.8 Å². The molecule has 2 aliphatic heterocycles. The van der Waals surface area contributed by atoms with Crippen LogP contribution in [0.4, 0.5) is 11.4 Å². The number of nitrogens with one attached hydrogen (secondary N) is 1. The smallest absolute Gasteiger partial charge is 0.275 e. The molecule has 0 radical (unpaired) electrons. The zero-order chi connectivity index (χ0) is 18.8. The molecule has 0 aromatic carbocycles. The number of nitrogens with zero attached hydrogens (tertiary/aromatic N) is 5. The number of carbonyl (C=O) groups excluding carboxylic acids is 2. The summed E-state index contributed by atoms with van der Waals surface area (Å²) in [6, 6.07) is 0. The minimum atomic E-state index is -0.270. The maximum atomic E-state index is 11.3. The molecule has 0 saturated heterocycles. The lowest BCUT2D eigenvalue weighted by Gasteiger charge is -2.24. The van der Waals surface area contributed by atoms with E-state index in [1.807, 2.05) is 0 Å². The Morgan fingerprint density at radius 2 is 1.54 bits per heavy atom. The molecule has 1 N–H and O–H groups in total. The third-order valence-corrected chi connectivity index (χ3v) is 5.83. The van der Waals surface area contributed by atoms with Crippen LogP contribution < -0.4 is 15.4 Å². The lowest BCUT2D eigenvalue weighted by molar-refractivity contribution is -0.116. The van der Waals surface area contributed by atoms with Crippen LogP contribution in [0.5, 0.6) is 0 Å². The average Bonchev–Trinajstić information content (AvgIpc) is 2.62. The van der Waals surface area contributed by atoms with Crippen molar-refractivity contribution in [3.8, 4) is 0 Å². The molecule has 0 aliphatic carbocycles. The fraction of sp³-hybridized carbons (Fsp3) is 0.286. The number of hydrogen-bond donors (Lipinski definition) is 1. The van der Waals surface area contributed by atoms with Gasteiger partial charge in [-0.25, -0.2) is 15.0 Å². The van der Waals surface area contributed by atoms with E-state index in [9.17, 15) is 14.4 Å². The SMILES string of the molecule is CN1C(=O)CSc2nc[nH]c(=O)c21.CN1C(=O)CSc2ncnc(Cl)c21. The highest BCUT2D eigenvalue weighted by atomic mass is 35.5. The highest BCUT2D eigenvalue weighted by Crippen LogP contribution is 2.36. The second kappa shape index (κ2) is 7.64. The molecular formula is C14H13ClN6O3S2. The number of anilines is 2. The largest absolute Gasteiger partial charge is 0.311 e. The van der Waals surface area contributed by atoms with Gasteiger partial charge in [-0.05, 0) is 0 Å². The summed E-state index contributed by atoms with van der Waals surface area (Å²) in [5.41, 5.74) is 0.696. The van der Waals surface area contributed by atoms with E-state index in [4.69, 9.17) is 11.6 Å². The van der Waals surface area contributed by atoms with Crippen LogP contribution in [0.2, 0.25) is 5.15 Å². The van der Waals surface area contributed by atoms with E-state index in [1.54, 1.807) is 14.1 Å². The summed E-state index contributed by atoms with van der Waals surface area (Å²) in [4.78, 5) is 51.0. The summed E-state index contributed by atoms with van der Waals surface area (Å²) in [5, 5.41) is 1.71. The average molecular weight is 413 g/mol. The minimum Gasteiger partial charge on any atom is -0.311 e. The predicted octanol–water partition coefficient (Wildman–Crippen LogP) is 1.04. The number of rotatable bonds is 0. The van der Waals surface area contributed by atoms with Gasteiger partial charge in [0.2, 0.25) is 11.8 Å². The first-order valence-corrected chi connectivity index (χ1v) is 9.62. The number of halogens is 1. The van der Waals surface area contributed by atoms with Crippen LogP contribution in [-0.2, 0) is 9.59 Å². The molecule has 4 heterocycles. The standard InChI is InChI=1S/C7H6ClN3OS.C7H7N3O2S/c1-11-4(12)2-13-7-5(11)6(8)9-3-10-7;1-10-4(11)2-13-7-5(10)6(12)8-3-9-7/h3H,2H2,1H3;3H,2H2,1H3,(H,8,9,12). The molecule has 12 heteroatoms. The summed E-state index contributed by atoms with van der Waals surface area (Å²) in [6.07, 6.45) is 2.75. The zero-order valence-electron chi connectivity index (χ0n) is 13.7. The maximum Gasteiger partial charge on any atom is 0.275 e. The van der Waals surface area contributed by atoms with Crippen molar-refractivity contribution >= 4 is 58.3 Å². The molecule has 0 atom stereocenters. The van der Waals surface area contributed by atoms with Crippen molar-refractivity contribution in [2.75, 3.05) is 35.4 Å². The van der Waals surface area contributed by atoms with Crippen LogP contribution >= 0.6 is 35.1 Å². The van der Waals surface area contributed by atoms with Gasteiger partial charge in [-0.1, -0.05) is 35.1 Å². The molecule has 0 spiro atoms. The highest BCUT2D eigenvalue weighted by Gasteiger charge is 2.26. The van der Waals surface area contributed by atoms with Gasteiger partial charge in [0.15, 0.2) is 5.15 Å². The van der Waals surface area contributed by atoms with Crippen molar-refractivity contribution in [1.29, 1.82) is 0 Å². The van der Waals surface area contributed by atoms with Gasteiger partial charge in [0.25, 0.3) is 5.56 Å². The minimum absolute atomic E-state index is 0.0224. The van der Waals surface area contributed by atoms with Crippen molar-refractivity contribution in [2.24, 2.45) is 0 Å². The third kappa shape index (κ3) is 3.55. The Bertz CT molecular complexity index is 937. The number of fused-ring (bicyclic) bond motifs is 2. The molecule has 2 aliphatic rings. The molecule has 136 valence electrons. The van der Waals surface area contributed by atoms with Gasteiger partial charge in [-0.3, -0.25) is 14.4 Å². The highest BCUT2D eigenvalue weighted by molar-refractivity contribution is 8.00. The normalized spacial score (nSPS) is 15.8. The molecule has 4 rings (SSSR count). The molecular weight excluding hydrogens is 400 g/mol. The Morgan fingerprint density at radius 3 is 2.19 bits per heavy atom. The van der Waals surface area contributed by atoms with Crippen LogP contribution in [-0.4, -0.2) is 57.4 Å². The van der Waals surface area contributed by atoms with Crippen molar-refractivity contribution in [3.05, 3.63) is 28.2 Å². The molecule has 2 amide bonds. The number of aromatic amines is 1. The van der Waals surface area contributed by atoms with E-state index in [0.717, 1.165) is 5.03 Å². The number of carbonyl (C=O) groups is 2. The Kier molecular flexibility index (Phi) is 5.49. The Labute approximate surface area is 161 Å². The second-order valence-electron chi connectivity index (χ2n) is 5.19. The van der Waals surface area contributed by atoms with Gasteiger partial charge >= 0.3 is 0 Å². The zero-order valence-corrected chi connectivity index (χ0v) is 16.1. The van der Waals surface area contributed by atoms with Crippen LogP contribution in [0.3, 0.4) is 0 Å². The second-order valence-corrected chi connectivity index (χ2v) is 7.47. The number of thioether (sulfide) groups is 2. The van der Waals surface area contributed by atoms with Crippen LogP contribution in [0.15, 0.2) is 27.5 Å². The van der Waals surface area contributed by atoms with Crippen molar-refractivity contribution in [3.63, 3.8) is 0 Å². The van der Waals surface area contributed by atoms with Crippen LogP contribution in [0.1, 0.15) is 0 Å². The van der Waals surface area contributed by atoms with E-state index in [0.29, 0.717) is 33.1 Å². The first-order chi connectivity index (χ1) is 12.4. The van der Waals surface area contributed by atoms with Gasteiger partial charge in [-0.15, -0.1) is 0 Å². The van der Waals surface area contributed by atoms with E-state index >= 15 is 0 Å². The first-order valence-electron chi connectivity index (χ1n) is 7.27. The van der Waals surface area contributed by atoms with E-state index < -0.39 is 0 Å². The topological polar surface area (TPSA) is 112 Å². The Hall–Kier alpha value is -2.11. The number of aromatic nitrogens is 4. The predicted molar refractivity (Wildman–Crippen MR) is 100 cm³/mol. The van der Waals surface area contributed by atoms with E-state index in [2.05, 4.69) is 19.9 Å². The summed E-state index contributed by atoms with van der Waals surface area (Å²) in [6.45, 7) is 0. The fourth-order valence-electron chi connectivity index (χ4n) is 2.21. The Morgan fingerprint density at radius 1 is 0.962 bits per heavy atom. The molecule has 2 aromatic rings. The fourth-order valence-corrected chi connectivity index (χ4v) is 4.42. The van der Waals surface area contributed by atoms with Gasteiger partial charge in [0.1, 0.15) is 27.8 Å². The molecule has 0 fully saturated rings. The van der Waals surface area contributed by atoms with E-state index in [-0.39, 0.29) is 17.4 Å². The van der Waals surface area contributed by atoms with E-state index in [1.165, 1.54) is 46.0 Å². The number of hydrogen-bond acceptors (Lipinski definition) is 8. The summed E-state index contributed by atoms with van der Waals surface area (Å²) in [5.74, 6) is 0.710. The molecule has 26 heavy (non-hydrogen) atoms. The molecule has 0 saturated carbocycles. The quantitative estimate of drug-likeness (QED) is 0.638. The van der Waals surface area contributed by atoms with Crippen LogP contribution in [0.25, 0.3) is 0 Å². The maximum absolute atomic E-state index is 11.3. The summed E-state index contributed by atoms with van der Waals surface area (Å²) < 4.78 is 0. The van der Waals surface area contributed by atoms with Crippen molar-refractivity contribution < 1.29 is 9.59 Å². The molecule has 2 aromatic heterocycles. The van der Waals surface area contributed by atoms with Crippen molar-refractivity contribution in [1.82, 2.24) is 19.9 Å². The lowest BCUT2D eigenvalue weighted by Crippen LogP contribution is -2.36. The van der Waals surface area contributed by atoms with Gasteiger partial charge in [0.05, 0.1) is 17.8 Å². The number of amides is 2. The summed E-state index contributed by atoms with van der Waals surface area (Å²) in [7, 11) is 3.26. The molecule has 0 bridgehead atoms. The summed E-state index contributed by atoms with van der Waals surface area (Å²) >= 11 is 8.52. The third-order valence-electron chi connectivity index (χ3n) is 3.62. The monoisotopic (exact) mass is 412 g/mol.